The average Bonchev–Trinajstić information content (AvgIpc) is 2.87. The van der Waals surface area contributed by atoms with E-state index in [-0.39, 0.29) is 54.6 Å². The zero-order valence-corrected chi connectivity index (χ0v) is 24.0. The fraction of sp³-hybridized carbons (Fsp3) is 0.273. The summed E-state index contributed by atoms with van der Waals surface area (Å²) in [5.74, 6) is -0.662. The molecule has 37 heavy (non-hydrogen) atoms. The quantitative estimate of drug-likeness (QED) is 0.0614. The average molecular weight is 680 g/mol. The number of oxime groups is 2. The van der Waals surface area contributed by atoms with Crippen molar-refractivity contribution < 1.29 is 34.4 Å². The summed E-state index contributed by atoms with van der Waals surface area (Å²) in [7, 11) is -0.275. The number of nitrogens with one attached hydrogen (secondary N) is 2. The predicted octanol–water partition coefficient (Wildman–Crippen LogP) is 2.70. The van der Waals surface area contributed by atoms with Crippen LogP contribution in [-0.2, 0) is 32.3 Å². The largest absolute Gasteiger partial charge is 0.507 e. The van der Waals surface area contributed by atoms with Crippen molar-refractivity contribution in [3.8, 4) is 11.5 Å². The Morgan fingerprint density at radius 3 is 1.73 bits per heavy atom. The van der Waals surface area contributed by atoms with E-state index in [1.54, 1.807) is 24.3 Å². The molecule has 1 atom stereocenters. The standard InChI is InChI=1S/C22H24Br2N4O7S2/c23-15-9-13(1-3-19(15)29)11-17(27-33)21(31)25-5-7-36-37(35)8-6-26-22(32)18(28-34)12-14-2-4-20(30)16(24)10-14/h1-4,9-10,29-30,33-34H,5-8,11-12H2,(H,25,31)(H,26,32). The molecule has 200 valence electrons. The summed E-state index contributed by atoms with van der Waals surface area (Å²) in [4.78, 5) is 24.5. The molecule has 0 fully saturated rings. The lowest BCUT2D eigenvalue weighted by atomic mass is 10.1. The third kappa shape index (κ3) is 10.3. The summed E-state index contributed by atoms with van der Waals surface area (Å²) in [6.07, 6.45) is 0.0744. The Balaban J connectivity index is 1.68. The molecule has 2 aromatic rings. The van der Waals surface area contributed by atoms with Crippen molar-refractivity contribution in [2.75, 3.05) is 24.6 Å². The number of carbonyl (C=O) groups is 2. The summed E-state index contributed by atoms with van der Waals surface area (Å²) in [5, 5.41) is 48.6. The number of aromatic hydroxyl groups is 2. The molecule has 11 nitrogen and oxygen atoms in total. The fourth-order valence-electron chi connectivity index (χ4n) is 2.84. The molecule has 0 aliphatic rings. The minimum absolute atomic E-state index is 0.0297. The van der Waals surface area contributed by atoms with E-state index in [2.05, 4.69) is 52.8 Å². The number of benzene rings is 2. The molecule has 0 saturated carbocycles. The fourth-order valence-corrected chi connectivity index (χ4v) is 5.86. The molecule has 0 aliphatic carbocycles. The number of hydrogen-bond acceptors (Lipinski definition) is 10. The van der Waals surface area contributed by atoms with Crippen molar-refractivity contribution in [3.63, 3.8) is 0 Å². The van der Waals surface area contributed by atoms with Crippen molar-refractivity contribution in [1.82, 2.24) is 10.6 Å². The second-order valence-electron chi connectivity index (χ2n) is 7.36. The Bertz CT molecular complexity index is 1210. The molecular weight excluding hydrogens is 656 g/mol. The normalized spacial score (nSPS) is 12.7. The van der Waals surface area contributed by atoms with Gasteiger partial charge in [0.1, 0.15) is 22.9 Å². The maximum Gasteiger partial charge on any atom is 0.269 e. The molecule has 2 aromatic carbocycles. The number of phenols is 2. The van der Waals surface area contributed by atoms with Crippen molar-refractivity contribution in [1.29, 1.82) is 0 Å². The van der Waals surface area contributed by atoms with Gasteiger partial charge < -0.3 is 31.3 Å². The van der Waals surface area contributed by atoms with Crippen LogP contribution in [0, 0.1) is 0 Å². The van der Waals surface area contributed by atoms with Crippen LogP contribution in [-0.4, -0.2) is 72.7 Å². The molecule has 0 heterocycles. The van der Waals surface area contributed by atoms with Gasteiger partial charge in [0, 0.05) is 31.7 Å². The molecule has 6 N–H and O–H groups in total. The van der Waals surface area contributed by atoms with E-state index in [1.165, 1.54) is 12.1 Å². The highest BCUT2D eigenvalue weighted by molar-refractivity contribution is 9.10. The molecule has 0 aromatic heterocycles. The molecule has 0 radical (unpaired) electrons. The molecule has 0 aliphatic heterocycles. The highest BCUT2D eigenvalue weighted by atomic mass is 79.9. The van der Waals surface area contributed by atoms with Crippen molar-refractivity contribution in [2.24, 2.45) is 10.3 Å². The van der Waals surface area contributed by atoms with Crippen molar-refractivity contribution in [2.45, 2.75) is 12.8 Å². The maximum atomic E-state index is 12.2. The molecule has 0 saturated heterocycles. The molecule has 0 bridgehead atoms. The van der Waals surface area contributed by atoms with Crippen LogP contribution in [0.2, 0.25) is 0 Å². The van der Waals surface area contributed by atoms with Gasteiger partial charge in [-0.05, 0) is 67.3 Å². The van der Waals surface area contributed by atoms with E-state index in [1.807, 2.05) is 0 Å². The van der Waals surface area contributed by atoms with Crippen molar-refractivity contribution >= 4 is 75.7 Å². The Kier molecular flexibility index (Phi) is 12.9. The third-order valence-electron chi connectivity index (χ3n) is 4.69. The second-order valence-corrected chi connectivity index (χ2v) is 12.6. The number of hydrogen-bond donors (Lipinski definition) is 6. The highest BCUT2D eigenvalue weighted by Gasteiger charge is 2.16. The summed E-state index contributed by atoms with van der Waals surface area (Å²) < 4.78 is 13.1. The zero-order chi connectivity index (χ0) is 27.4. The van der Waals surface area contributed by atoms with Crippen LogP contribution in [0.15, 0.2) is 55.7 Å². The SMILES string of the molecule is O=C(NCCSS(=O)CCNC(=O)C(Cc1ccc(O)c(Br)c1)=NO)C(Cc1ccc(O)c(Br)c1)=NO. The maximum absolute atomic E-state index is 12.2. The van der Waals surface area contributed by atoms with E-state index in [0.29, 0.717) is 25.8 Å². The van der Waals surface area contributed by atoms with Gasteiger partial charge in [-0.2, -0.15) is 0 Å². The lowest BCUT2D eigenvalue weighted by molar-refractivity contribution is -0.115. The minimum atomic E-state index is -1.35. The first-order chi connectivity index (χ1) is 17.6. The summed E-state index contributed by atoms with van der Waals surface area (Å²) >= 11 is 6.36. The van der Waals surface area contributed by atoms with E-state index >= 15 is 0 Å². The lowest BCUT2D eigenvalue weighted by Crippen LogP contribution is -2.35. The third-order valence-corrected chi connectivity index (χ3v) is 8.92. The molecule has 2 rings (SSSR count). The highest BCUT2D eigenvalue weighted by Crippen LogP contribution is 2.25. The number of phenolic OH excluding ortho intramolecular Hbond substituents is 2. The van der Waals surface area contributed by atoms with Crippen LogP contribution in [0.4, 0.5) is 0 Å². The van der Waals surface area contributed by atoms with Crippen LogP contribution in [0.25, 0.3) is 0 Å². The topological polar surface area (TPSA) is 181 Å². The minimum Gasteiger partial charge on any atom is -0.507 e. The summed E-state index contributed by atoms with van der Waals surface area (Å²) in [5.41, 5.74) is 1.03. The van der Waals surface area contributed by atoms with Gasteiger partial charge >= 0.3 is 0 Å². The molecule has 1 unspecified atom stereocenters. The van der Waals surface area contributed by atoms with Gasteiger partial charge in [0.15, 0.2) is 0 Å². The van der Waals surface area contributed by atoms with E-state index in [4.69, 9.17) is 0 Å². The number of rotatable bonds is 13. The van der Waals surface area contributed by atoms with Gasteiger partial charge in [0.25, 0.3) is 11.8 Å². The second kappa shape index (κ2) is 15.6. The van der Waals surface area contributed by atoms with Gasteiger partial charge in [-0.1, -0.05) is 33.2 Å². The molecule has 0 spiro atoms. The number of nitrogens with zero attached hydrogens (tertiary/aromatic N) is 2. The smallest absolute Gasteiger partial charge is 0.269 e. The Morgan fingerprint density at radius 1 is 0.838 bits per heavy atom. The summed E-state index contributed by atoms with van der Waals surface area (Å²) in [6.45, 7) is 0.246. The Hall–Kier alpha value is -2.62. The number of halogens is 2. The van der Waals surface area contributed by atoms with E-state index in [0.717, 1.165) is 10.8 Å². The van der Waals surface area contributed by atoms with E-state index in [9.17, 15) is 34.4 Å². The van der Waals surface area contributed by atoms with Crippen molar-refractivity contribution in [3.05, 3.63) is 56.5 Å². The van der Waals surface area contributed by atoms with Crippen LogP contribution in [0.5, 0.6) is 11.5 Å². The lowest BCUT2D eigenvalue weighted by Gasteiger charge is -2.09. The first kappa shape index (κ1) is 30.6. The van der Waals surface area contributed by atoms with Gasteiger partial charge in [-0.3, -0.25) is 9.59 Å². The number of carbonyl (C=O) groups excluding carboxylic acids is 2. The first-order valence-electron chi connectivity index (χ1n) is 10.6. The summed E-state index contributed by atoms with van der Waals surface area (Å²) in [6, 6.07) is 9.28. The van der Waals surface area contributed by atoms with Crippen LogP contribution >= 0.6 is 42.7 Å². The van der Waals surface area contributed by atoms with E-state index < -0.39 is 21.6 Å². The van der Waals surface area contributed by atoms with Gasteiger partial charge in [0.05, 0.1) is 24.5 Å². The first-order valence-corrected chi connectivity index (χ1v) is 15.0. The molecular formula is C22H24Br2N4O7S2. The zero-order valence-electron chi connectivity index (χ0n) is 19.2. The Labute approximate surface area is 235 Å². The molecule has 15 heteroatoms. The van der Waals surface area contributed by atoms with Crippen LogP contribution in [0.1, 0.15) is 11.1 Å². The van der Waals surface area contributed by atoms with Gasteiger partial charge in [-0.25, -0.2) is 4.21 Å². The Morgan fingerprint density at radius 2 is 1.30 bits per heavy atom. The monoisotopic (exact) mass is 678 g/mol. The molecule has 2 amide bonds. The van der Waals surface area contributed by atoms with Gasteiger partial charge in [0.2, 0.25) is 0 Å². The van der Waals surface area contributed by atoms with Crippen LogP contribution in [0.3, 0.4) is 0 Å². The predicted molar refractivity (Wildman–Crippen MR) is 149 cm³/mol. The van der Waals surface area contributed by atoms with Gasteiger partial charge in [-0.15, -0.1) is 0 Å². The van der Waals surface area contributed by atoms with Crippen LogP contribution < -0.4 is 10.6 Å². The number of amides is 2.